The van der Waals surface area contributed by atoms with Gasteiger partial charge in [0.25, 0.3) is 0 Å². The van der Waals surface area contributed by atoms with E-state index in [1.165, 1.54) is 0 Å². The molecule has 0 saturated carbocycles. The Bertz CT molecular complexity index is 198. The predicted octanol–water partition coefficient (Wildman–Crippen LogP) is 0.794. The number of nitriles is 1. The first-order valence-corrected chi connectivity index (χ1v) is 5.07. The molecule has 2 N–H and O–H groups in total. The normalized spacial score (nSPS) is 11.8. The average Bonchev–Trinajstić information content (AvgIpc) is 2.17. The fourth-order valence-corrected chi connectivity index (χ4v) is 0.920. The summed E-state index contributed by atoms with van der Waals surface area (Å²) in [5, 5.41) is 14.2. The topological polar surface area (TPSA) is 64.9 Å². The van der Waals surface area contributed by atoms with E-state index in [9.17, 15) is 4.79 Å². The van der Waals surface area contributed by atoms with E-state index in [-0.39, 0.29) is 11.9 Å². The van der Waals surface area contributed by atoms with Crippen LogP contribution in [0.3, 0.4) is 0 Å². The standard InChI is InChI=1S/C10H19N3O/c1-3-9(2)13-10(14)5-8-12-7-4-6-11/h9,12H,3-5,7-8H2,1-2H3,(H,13,14). The highest BCUT2D eigenvalue weighted by atomic mass is 16.1. The average molecular weight is 197 g/mol. The molecule has 4 heteroatoms. The van der Waals surface area contributed by atoms with Crippen molar-refractivity contribution < 1.29 is 4.79 Å². The fourth-order valence-electron chi connectivity index (χ4n) is 0.920. The maximum atomic E-state index is 11.2. The highest BCUT2D eigenvalue weighted by molar-refractivity contribution is 5.76. The summed E-state index contributed by atoms with van der Waals surface area (Å²) in [5.74, 6) is 0.0730. The van der Waals surface area contributed by atoms with Gasteiger partial charge in [0.1, 0.15) is 0 Å². The third kappa shape index (κ3) is 7.56. The van der Waals surface area contributed by atoms with Crippen molar-refractivity contribution in [1.29, 1.82) is 5.26 Å². The maximum absolute atomic E-state index is 11.2. The van der Waals surface area contributed by atoms with E-state index in [1.807, 2.05) is 19.9 Å². The van der Waals surface area contributed by atoms with Crippen LogP contribution in [0.25, 0.3) is 0 Å². The molecule has 0 aromatic carbocycles. The summed E-state index contributed by atoms with van der Waals surface area (Å²) in [6, 6.07) is 2.29. The molecule has 1 atom stereocenters. The molecule has 14 heavy (non-hydrogen) atoms. The molecule has 4 nitrogen and oxygen atoms in total. The molecule has 0 aliphatic rings. The Morgan fingerprint density at radius 1 is 1.50 bits per heavy atom. The fraction of sp³-hybridized carbons (Fsp3) is 0.800. The van der Waals surface area contributed by atoms with Gasteiger partial charge in [-0.15, -0.1) is 0 Å². The van der Waals surface area contributed by atoms with Gasteiger partial charge >= 0.3 is 0 Å². The van der Waals surface area contributed by atoms with Crippen LogP contribution < -0.4 is 10.6 Å². The zero-order valence-electron chi connectivity index (χ0n) is 8.97. The molecule has 0 aromatic heterocycles. The van der Waals surface area contributed by atoms with Crippen molar-refractivity contribution in [2.75, 3.05) is 13.1 Å². The number of carbonyl (C=O) groups excluding carboxylic acids is 1. The molecule has 0 aliphatic heterocycles. The molecule has 0 spiro atoms. The Morgan fingerprint density at radius 3 is 2.79 bits per heavy atom. The Balaban J connectivity index is 3.32. The van der Waals surface area contributed by atoms with Gasteiger partial charge < -0.3 is 10.6 Å². The van der Waals surface area contributed by atoms with Crippen molar-refractivity contribution >= 4 is 5.91 Å². The number of carbonyl (C=O) groups is 1. The predicted molar refractivity (Wildman–Crippen MR) is 55.6 cm³/mol. The summed E-state index contributed by atoms with van der Waals surface area (Å²) in [6.07, 6.45) is 1.93. The Hall–Kier alpha value is -1.08. The van der Waals surface area contributed by atoms with Crippen LogP contribution in [0, 0.1) is 11.3 Å². The molecule has 0 fully saturated rings. The number of hydrogen-bond acceptors (Lipinski definition) is 3. The van der Waals surface area contributed by atoms with Crippen LogP contribution in [-0.2, 0) is 4.79 Å². The first-order chi connectivity index (χ1) is 6.70. The van der Waals surface area contributed by atoms with Crippen molar-refractivity contribution in [3.8, 4) is 6.07 Å². The van der Waals surface area contributed by atoms with E-state index < -0.39 is 0 Å². The summed E-state index contributed by atoms with van der Waals surface area (Å²) in [4.78, 5) is 11.2. The third-order valence-corrected chi connectivity index (χ3v) is 1.96. The van der Waals surface area contributed by atoms with Crippen LogP contribution in [-0.4, -0.2) is 25.0 Å². The smallest absolute Gasteiger partial charge is 0.221 e. The zero-order valence-corrected chi connectivity index (χ0v) is 8.97. The highest BCUT2D eigenvalue weighted by Crippen LogP contribution is 1.88. The Morgan fingerprint density at radius 2 is 2.21 bits per heavy atom. The lowest BCUT2D eigenvalue weighted by molar-refractivity contribution is -0.121. The molecule has 0 bridgehead atoms. The SMILES string of the molecule is CCC(C)NC(=O)CCNCCC#N. The van der Waals surface area contributed by atoms with Crippen molar-refractivity contribution in [3.05, 3.63) is 0 Å². The lowest BCUT2D eigenvalue weighted by atomic mass is 10.2. The zero-order chi connectivity index (χ0) is 10.8. The Labute approximate surface area is 85.7 Å². The lowest BCUT2D eigenvalue weighted by Gasteiger charge is -2.11. The maximum Gasteiger partial charge on any atom is 0.221 e. The highest BCUT2D eigenvalue weighted by Gasteiger charge is 2.03. The summed E-state index contributed by atoms with van der Waals surface area (Å²) >= 11 is 0. The summed E-state index contributed by atoms with van der Waals surface area (Å²) in [5.41, 5.74) is 0. The van der Waals surface area contributed by atoms with Gasteiger partial charge in [-0.2, -0.15) is 5.26 Å². The molecule has 1 unspecified atom stereocenters. The number of amides is 1. The molecule has 1 amide bonds. The second-order valence-corrected chi connectivity index (χ2v) is 3.28. The molecule has 0 saturated heterocycles. The summed E-state index contributed by atoms with van der Waals surface area (Å²) in [7, 11) is 0. The summed E-state index contributed by atoms with van der Waals surface area (Å²) < 4.78 is 0. The van der Waals surface area contributed by atoms with Gasteiger partial charge in [0, 0.05) is 32.0 Å². The van der Waals surface area contributed by atoms with Crippen molar-refractivity contribution in [2.45, 2.75) is 39.2 Å². The molecule has 0 radical (unpaired) electrons. The van der Waals surface area contributed by atoms with Crippen molar-refractivity contribution in [1.82, 2.24) is 10.6 Å². The minimum atomic E-state index is 0.0730. The molecule has 0 rings (SSSR count). The minimum absolute atomic E-state index is 0.0730. The third-order valence-electron chi connectivity index (χ3n) is 1.96. The van der Waals surface area contributed by atoms with Gasteiger partial charge in [0.15, 0.2) is 0 Å². The number of nitrogens with zero attached hydrogens (tertiary/aromatic N) is 1. The molecular formula is C10H19N3O. The van der Waals surface area contributed by atoms with Crippen molar-refractivity contribution in [2.24, 2.45) is 0 Å². The van der Waals surface area contributed by atoms with Gasteiger partial charge in [0.2, 0.25) is 5.91 Å². The van der Waals surface area contributed by atoms with Crippen LogP contribution in [0.5, 0.6) is 0 Å². The van der Waals surface area contributed by atoms with Crippen LogP contribution in [0.15, 0.2) is 0 Å². The molecular weight excluding hydrogens is 178 g/mol. The van der Waals surface area contributed by atoms with Crippen LogP contribution in [0.1, 0.15) is 33.1 Å². The molecule has 80 valence electrons. The molecule has 0 heterocycles. The quantitative estimate of drug-likeness (QED) is 0.593. The van der Waals surface area contributed by atoms with Gasteiger partial charge in [-0.3, -0.25) is 4.79 Å². The van der Waals surface area contributed by atoms with E-state index in [0.29, 0.717) is 25.9 Å². The first kappa shape index (κ1) is 12.9. The second kappa shape index (κ2) is 8.52. The Kier molecular flexibility index (Phi) is 7.86. The van der Waals surface area contributed by atoms with Gasteiger partial charge in [0.05, 0.1) is 6.07 Å². The van der Waals surface area contributed by atoms with E-state index in [2.05, 4.69) is 10.6 Å². The van der Waals surface area contributed by atoms with E-state index in [1.54, 1.807) is 0 Å². The summed E-state index contributed by atoms with van der Waals surface area (Å²) in [6.45, 7) is 5.33. The molecule has 0 aromatic rings. The van der Waals surface area contributed by atoms with E-state index in [0.717, 1.165) is 6.42 Å². The monoisotopic (exact) mass is 197 g/mol. The van der Waals surface area contributed by atoms with Gasteiger partial charge in [-0.1, -0.05) is 6.92 Å². The van der Waals surface area contributed by atoms with Crippen molar-refractivity contribution in [3.63, 3.8) is 0 Å². The van der Waals surface area contributed by atoms with Gasteiger partial charge in [-0.05, 0) is 13.3 Å². The number of rotatable bonds is 7. The minimum Gasteiger partial charge on any atom is -0.354 e. The second-order valence-electron chi connectivity index (χ2n) is 3.28. The molecule has 0 aliphatic carbocycles. The first-order valence-electron chi connectivity index (χ1n) is 5.07. The number of nitrogens with one attached hydrogen (secondary N) is 2. The lowest BCUT2D eigenvalue weighted by Crippen LogP contribution is -2.34. The number of hydrogen-bond donors (Lipinski definition) is 2. The van der Waals surface area contributed by atoms with E-state index in [4.69, 9.17) is 5.26 Å². The van der Waals surface area contributed by atoms with E-state index >= 15 is 0 Å². The van der Waals surface area contributed by atoms with Gasteiger partial charge in [-0.25, -0.2) is 0 Å². The largest absolute Gasteiger partial charge is 0.354 e. The van der Waals surface area contributed by atoms with Crippen LogP contribution >= 0.6 is 0 Å². The van der Waals surface area contributed by atoms with Crippen LogP contribution in [0.2, 0.25) is 0 Å². The van der Waals surface area contributed by atoms with Crippen LogP contribution in [0.4, 0.5) is 0 Å².